The minimum absolute atomic E-state index is 0.0589. The van der Waals surface area contributed by atoms with Gasteiger partial charge in [-0.25, -0.2) is 4.98 Å². The summed E-state index contributed by atoms with van der Waals surface area (Å²) in [6.07, 6.45) is -1.33. The van der Waals surface area contributed by atoms with Crippen LogP contribution in [-0.2, 0) is 6.18 Å². The van der Waals surface area contributed by atoms with Crippen molar-refractivity contribution in [3.63, 3.8) is 0 Å². The third-order valence-electron chi connectivity index (χ3n) is 3.59. The fourth-order valence-electron chi connectivity index (χ4n) is 2.43. The molecule has 3 aromatic rings. The Hall–Kier alpha value is -2.87. The fourth-order valence-corrected chi connectivity index (χ4v) is 2.65. The number of aromatic nitrogens is 3. The summed E-state index contributed by atoms with van der Waals surface area (Å²) in [4.78, 5) is 12.6. The predicted molar refractivity (Wildman–Crippen MR) is 99.2 cm³/mol. The molecule has 0 fully saturated rings. The van der Waals surface area contributed by atoms with Crippen molar-refractivity contribution >= 4 is 29.1 Å². The van der Waals surface area contributed by atoms with Crippen LogP contribution in [0.5, 0.6) is 0 Å². The van der Waals surface area contributed by atoms with Gasteiger partial charge in [0.15, 0.2) is 0 Å². The number of pyridine rings is 1. The predicted octanol–water partition coefficient (Wildman–Crippen LogP) is 5.39. The third-order valence-corrected chi connectivity index (χ3v) is 3.91. The first kappa shape index (κ1) is 18.9. The van der Waals surface area contributed by atoms with E-state index in [1.165, 1.54) is 12.1 Å². The molecule has 2 aromatic heterocycles. The van der Waals surface area contributed by atoms with Crippen molar-refractivity contribution in [2.45, 2.75) is 13.1 Å². The van der Waals surface area contributed by atoms with E-state index in [9.17, 15) is 13.2 Å². The molecular weight excluding hydrogens is 379 g/mol. The average molecular weight is 394 g/mol. The normalized spacial score (nSPS) is 11.3. The standard InChI is InChI=1S/C18H15ClF3N5/c1-2-24-17-25-14(11-5-4-8-23-10-11)9-15(27-17)26-16-12(18(20,21)22)6-3-7-13(16)19/h3-10H,2H2,1H3,(H2,24,25,26,27). The monoisotopic (exact) mass is 393 g/mol. The molecule has 0 aliphatic carbocycles. The van der Waals surface area contributed by atoms with E-state index in [1.54, 1.807) is 30.6 Å². The first-order chi connectivity index (χ1) is 12.9. The molecule has 2 N–H and O–H groups in total. The molecule has 0 spiro atoms. The second-order valence-corrected chi connectivity index (χ2v) is 5.93. The van der Waals surface area contributed by atoms with Gasteiger partial charge in [-0.3, -0.25) is 4.98 Å². The number of alkyl halides is 3. The van der Waals surface area contributed by atoms with Crippen LogP contribution < -0.4 is 10.6 Å². The Morgan fingerprint density at radius 2 is 1.93 bits per heavy atom. The van der Waals surface area contributed by atoms with Crippen LogP contribution >= 0.6 is 11.6 Å². The topological polar surface area (TPSA) is 62.7 Å². The second kappa shape index (κ2) is 7.79. The summed E-state index contributed by atoms with van der Waals surface area (Å²) in [6.45, 7) is 2.42. The van der Waals surface area contributed by atoms with Crippen molar-refractivity contribution in [3.8, 4) is 11.3 Å². The molecule has 5 nitrogen and oxygen atoms in total. The number of para-hydroxylation sites is 1. The maximum atomic E-state index is 13.3. The van der Waals surface area contributed by atoms with Crippen molar-refractivity contribution in [3.05, 3.63) is 59.4 Å². The number of nitrogens with one attached hydrogen (secondary N) is 2. The Bertz CT molecular complexity index is 932. The molecule has 9 heteroatoms. The minimum atomic E-state index is -4.56. The van der Waals surface area contributed by atoms with E-state index in [-0.39, 0.29) is 22.5 Å². The lowest BCUT2D eigenvalue weighted by Crippen LogP contribution is -2.11. The zero-order chi connectivity index (χ0) is 19.4. The molecule has 0 saturated heterocycles. The van der Waals surface area contributed by atoms with Crippen LogP contribution in [0.4, 0.5) is 30.6 Å². The van der Waals surface area contributed by atoms with Gasteiger partial charge in [0.1, 0.15) is 5.82 Å². The summed E-state index contributed by atoms with van der Waals surface area (Å²) < 4.78 is 40.0. The molecule has 2 heterocycles. The van der Waals surface area contributed by atoms with Gasteiger partial charge < -0.3 is 10.6 Å². The average Bonchev–Trinajstić information content (AvgIpc) is 2.63. The van der Waals surface area contributed by atoms with Crippen molar-refractivity contribution in [2.75, 3.05) is 17.2 Å². The molecule has 0 radical (unpaired) electrons. The summed E-state index contributed by atoms with van der Waals surface area (Å²) in [7, 11) is 0. The summed E-state index contributed by atoms with van der Waals surface area (Å²) in [5, 5.41) is 5.60. The maximum Gasteiger partial charge on any atom is 0.418 e. The number of benzene rings is 1. The van der Waals surface area contributed by atoms with E-state index in [0.717, 1.165) is 6.07 Å². The molecule has 0 unspecified atom stereocenters. The molecule has 3 rings (SSSR count). The number of hydrogen-bond donors (Lipinski definition) is 2. The lowest BCUT2D eigenvalue weighted by molar-refractivity contribution is -0.136. The Morgan fingerprint density at radius 3 is 2.59 bits per heavy atom. The highest BCUT2D eigenvalue weighted by Crippen LogP contribution is 2.39. The van der Waals surface area contributed by atoms with Crippen LogP contribution in [0.25, 0.3) is 11.3 Å². The number of anilines is 3. The molecule has 0 amide bonds. The van der Waals surface area contributed by atoms with Gasteiger partial charge in [0.05, 0.1) is 22.0 Å². The molecule has 0 bridgehead atoms. The summed E-state index contributed by atoms with van der Waals surface area (Å²) in [5.41, 5.74) is 0.0842. The van der Waals surface area contributed by atoms with E-state index >= 15 is 0 Å². The van der Waals surface area contributed by atoms with Gasteiger partial charge in [0.2, 0.25) is 5.95 Å². The first-order valence-electron chi connectivity index (χ1n) is 8.04. The molecule has 27 heavy (non-hydrogen) atoms. The molecular formula is C18H15ClF3N5. The van der Waals surface area contributed by atoms with Crippen molar-refractivity contribution in [1.82, 2.24) is 15.0 Å². The van der Waals surface area contributed by atoms with Crippen molar-refractivity contribution < 1.29 is 13.2 Å². The minimum Gasteiger partial charge on any atom is -0.354 e. The largest absolute Gasteiger partial charge is 0.418 e. The summed E-state index contributed by atoms with van der Waals surface area (Å²) in [5.74, 6) is 0.459. The highest BCUT2D eigenvalue weighted by atomic mass is 35.5. The SMILES string of the molecule is CCNc1nc(Nc2c(Cl)cccc2C(F)(F)F)cc(-c2cccnc2)n1. The molecule has 0 aliphatic rings. The van der Waals surface area contributed by atoms with Gasteiger partial charge in [0, 0.05) is 30.6 Å². The second-order valence-electron chi connectivity index (χ2n) is 5.52. The zero-order valence-electron chi connectivity index (χ0n) is 14.2. The number of rotatable bonds is 5. The van der Waals surface area contributed by atoms with Crippen LogP contribution in [0, 0.1) is 0 Å². The number of halogens is 4. The first-order valence-corrected chi connectivity index (χ1v) is 8.42. The van der Waals surface area contributed by atoms with E-state index in [1.807, 2.05) is 6.92 Å². The number of hydrogen-bond acceptors (Lipinski definition) is 5. The van der Waals surface area contributed by atoms with Crippen LogP contribution in [-0.4, -0.2) is 21.5 Å². The zero-order valence-corrected chi connectivity index (χ0v) is 14.9. The van der Waals surface area contributed by atoms with Crippen molar-refractivity contribution in [2.24, 2.45) is 0 Å². The third kappa shape index (κ3) is 4.46. The van der Waals surface area contributed by atoms with Crippen LogP contribution in [0.1, 0.15) is 12.5 Å². The van der Waals surface area contributed by atoms with Gasteiger partial charge in [-0.1, -0.05) is 17.7 Å². The molecule has 140 valence electrons. The lowest BCUT2D eigenvalue weighted by atomic mass is 10.1. The summed E-state index contributed by atoms with van der Waals surface area (Å²) in [6, 6.07) is 8.68. The van der Waals surface area contributed by atoms with E-state index < -0.39 is 11.7 Å². The Kier molecular flexibility index (Phi) is 5.46. The van der Waals surface area contributed by atoms with Crippen LogP contribution in [0.2, 0.25) is 5.02 Å². The Balaban J connectivity index is 2.07. The van der Waals surface area contributed by atoms with Gasteiger partial charge in [0.25, 0.3) is 0 Å². The van der Waals surface area contributed by atoms with Crippen LogP contribution in [0.3, 0.4) is 0 Å². The van der Waals surface area contributed by atoms with E-state index in [2.05, 4.69) is 25.6 Å². The van der Waals surface area contributed by atoms with Gasteiger partial charge in [-0.15, -0.1) is 0 Å². The highest BCUT2D eigenvalue weighted by Gasteiger charge is 2.34. The molecule has 0 atom stereocenters. The van der Waals surface area contributed by atoms with Gasteiger partial charge >= 0.3 is 6.18 Å². The molecule has 0 aliphatic heterocycles. The van der Waals surface area contributed by atoms with E-state index in [4.69, 9.17) is 11.6 Å². The van der Waals surface area contributed by atoms with Crippen molar-refractivity contribution in [1.29, 1.82) is 0 Å². The van der Waals surface area contributed by atoms with E-state index in [0.29, 0.717) is 17.8 Å². The number of nitrogens with zero attached hydrogens (tertiary/aromatic N) is 3. The highest BCUT2D eigenvalue weighted by molar-refractivity contribution is 6.33. The summed E-state index contributed by atoms with van der Waals surface area (Å²) >= 11 is 6.01. The smallest absolute Gasteiger partial charge is 0.354 e. The Morgan fingerprint density at radius 1 is 1.11 bits per heavy atom. The van der Waals surface area contributed by atoms with Crippen LogP contribution in [0.15, 0.2) is 48.8 Å². The molecule has 0 saturated carbocycles. The fraction of sp³-hybridized carbons (Fsp3) is 0.167. The maximum absolute atomic E-state index is 13.3. The van der Waals surface area contributed by atoms with Gasteiger partial charge in [-0.05, 0) is 31.2 Å². The lowest BCUT2D eigenvalue weighted by Gasteiger charge is -2.16. The molecule has 1 aromatic carbocycles. The van der Waals surface area contributed by atoms with Gasteiger partial charge in [-0.2, -0.15) is 18.2 Å². The Labute approximate surface area is 158 Å². The quantitative estimate of drug-likeness (QED) is 0.608.